The number of methoxy groups -OCH3 is 2. The van der Waals surface area contributed by atoms with Gasteiger partial charge in [-0.15, -0.1) is 0 Å². The van der Waals surface area contributed by atoms with Crippen LogP contribution in [0, 0.1) is 5.41 Å². The van der Waals surface area contributed by atoms with E-state index in [1.54, 1.807) is 32.0 Å². The summed E-state index contributed by atoms with van der Waals surface area (Å²) < 4.78 is 10.9. The zero-order valence-electron chi connectivity index (χ0n) is 22.7. The quantitative estimate of drug-likeness (QED) is 0.452. The number of ether oxygens (including phenoxy) is 2. The molecule has 1 aliphatic heterocycles. The lowest BCUT2D eigenvalue weighted by atomic mass is 9.53. The minimum absolute atomic E-state index is 0.0509. The van der Waals surface area contributed by atoms with Crippen LogP contribution in [0.4, 0.5) is 0 Å². The van der Waals surface area contributed by atoms with Gasteiger partial charge < -0.3 is 24.6 Å². The molecule has 198 valence electrons. The van der Waals surface area contributed by atoms with Crippen LogP contribution < -0.4 is 9.47 Å². The van der Waals surface area contributed by atoms with Crippen LogP contribution in [0.3, 0.4) is 0 Å². The molecule has 37 heavy (non-hydrogen) atoms. The smallest absolute Gasteiger partial charge is 0.334 e. The molecule has 2 aromatic carbocycles. The number of benzene rings is 2. The van der Waals surface area contributed by atoms with Gasteiger partial charge in [-0.2, -0.15) is 0 Å². The van der Waals surface area contributed by atoms with Crippen LogP contribution in [0.15, 0.2) is 71.1 Å². The van der Waals surface area contributed by atoms with Crippen molar-refractivity contribution in [1.29, 1.82) is 0 Å². The van der Waals surface area contributed by atoms with Crippen molar-refractivity contribution >= 4 is 11.9 Å². The Bertz CT molecular complexity index is 1200. The fraction of sp³-hybridized carbons (Fsp3) is 0.400. The van der Waals surface area contributed by atoms with Gasteiger partial charge in [0.05, 0.1) is 30.8 Å². The molecule has 0 aromatic heterocycles. The van der Waals surface area contributed by atoms with E-state index in [0.29, 0.717) is 35.0 Å². The van der Waals surface area contributed by atoms with E-state index in [4.69, 9.17) is 9.47 Å². The Morgan fingerprint density at radius 2 is 1.41 bits per heavy atom. The second-order valence-electron chi connectivity index (χ2n) is 10.3. The first-order chi connectivity index (χ1) is 17.4. The molecule has 0 saturated carbocycles. The number of carboxylic acids is 2. The SMILES string of the molecule is COc1ccc(C2(C(C)(C)C)C(C(=O)O)=C(C)N(CCCc3ccccc3)C(C)=C2C(=O)O)cc1OC. The molecule has 0 bridgehead atoms. The first-order valence-corrected chi connectivity index (χ1v) is 12.3. The molecule has 0 spiro atoms. The molecule has 2 N–H and O–H groups in total. The van der Waals surface area contributed by atoms with Crippen molar-refractivity contribution in [2.45, 2.75) is 52.9 Å². The van der Waals surface area contributed by atoms with Crippen LogP contribution in [-0.4, -0.2) is 47.8 Å². The molecule has 1 aliphatic rings. The fourth-order valence-electron chi connectivity index (χ4n) is 5.78. The van der Waals surface area contributed by atoms with E-state index in [1.165, 1.54) is 19.8 Å². The topological polar surface area (TPSA) is 96.3 Å². The average molecular weight is 508 g/mol. The lowest BCUT2D eigenvalue weighted by Crippen LogP contribution is -2.53. The van der Waals surface area contributed by atoms with Gasteiger partial charge in [0.15, 0.2) is 11.5 Å². The van der Waals surface area contributed by atoms with Gasteiger partial charge in [0.25, 0.3) is 0 Å². The molecule has 0 saturated heterocycles. The predicted molar refractivity (Wildman–Crippen MR) is 143 cm³/mol. The maximum Gasteiger partial charge on any atom is 0.334 e. The monoisotopic (exact) mass is 507 g/mol. The fourth-order valence-corrected chi connectivity index (χ4v) is 5.78. The Labute approximate surface area is 219 Å². The highest BCUT2D eigenvalue weighted by Gasteiger charge is 2.58. The van der Waals surface area contributed by atoms with Crippen LogP contribution in [0.5, 0.6) is 11.5 Å². The third kappa shape index (κ3) is 4.82. The summed E-state index contributed by atoms with van der Waals surface area (Å²) in [6.07, 6.45) is 1.53. The summed E-state index contributed by atoms with van der Waals surface area (Å²) in [5, 5.41) is 21.3. The Morgan fingerprint density at radius 1 is 0.865 bits per heavy atom. The van der Waals surface area contributed by atoms with Crippen LogP contribution in [0.25, 0.3) is 0 Å². The van der Waals surface area contributed by atoms with Crippen molar-refractivity contribution < 1.29 is 29.3 Å². The predicted octanol–water partition coefficient (Wildman–Crippen LogP) is 5.65. The molecule has 1 heterocycles. The first-order valence-electron chi connectivity index (χ1n) is 12.3. The van der Waals surface area contributed by atoms with Crippen LogP contribution in [0.1, 0.15) is 52.2 Å². The molecule has 0 unspecified atom stereocenters. The molecule has 3 rings (SSSR count). The molecule has 0 fully saturated rings. The highest BCUT2D eigenvalue weighted by atomic mass is 16.5. The van der Waals surface area contributed by atoms with Gasteiger partial charge in [-0.3, -0.25) is 0 Å². The van der Waals surface area contributed by atoms with Crippen molar-refractivity contribution in [2.24, 2.45) is 5.41 Å². The molecule has 2 aromatic rings. The van der Waals surface area contributed by atoms with E-state index in [2.05, 4.69) is 12.1 Å². The molecular formula is C30H37NO6. The standard InChI is InChI=1S/C30H37NO6/c1-19-25(27(32)33)30(29(3,4)5,22-15-16-23(36-6)24(18-22)37-7)26(28(34)35)20(2)31(19)17-11-14-21-12-9-8-10-13-21/h8-10,12-13,15-16,18H,11,14,17H2,1-7H3,(H,32,33)(H,34,35). The summed E-state index contributed by atoms with van der Waals surface area (Å²) in [7, 11) is 3.02. The van der Waals surface area contributed by atoms with Gasteiger partial charge in [-0.25, -0.2) is 9.59 Å². The maximum absolute atomic E-state index is 13.0. The zero-order valence-corrected chi connectivity index (χ0v) is 22.7. The molecule has 7 heteroatoms. The number of carboxylic acid groups (broad SMARTS) is 2. The van der Waals surface area contributed by atoms with E-state index in [9.17, 15) is 19.8 Å². The molecule has 7 nitrogen and oxygen atoms in total. The zero-order chi connectivity index (χ0) is 27.5. The third-order valence-corrected chi connectivity index (χ3v) is 7.34. The summed E-state index contributed by atoms with van der Waals surface area (Å²) >= 11 is 0. The second kappa shape index (κ2) is 10.7. The highest BCUT2D eigenvalue weighted by Crippen LogP contribution is 2.57. The average Bonchev–Trinajstić information content (AvgIpc) is 2.84. The lowest BCUT2D eigenvalue weighted by Gasteiger charge is -2.51. The van der Waals surface area contributed by atoms with Crippen molar-refractivity contribution in [3.63, 3.8) is 0 Å². The van der Waals surface area contributed by atoms with Gasteiger partial charge in [-0.1, -0.05) is 57.2 Å². The van der Waals surface area contributed by atoms with E-state index in [0.717, 1.165) is 12.8 Å². The third-order valence-electron chi connectivity index (χ3n) is 7.34. The Kier molecular flexibility index (Phi) is 8.06. The number of hydrogen-bond acceptors (Lipinski definition) is 5. The Hall–Kier alpha value is -3.74. The number of nitrogens with zero attached hydrogens (tertiary/aromatic N) is 1. The molecule has 0 aliphatic carbocycles. The Balaban J connectivity index is 2.28. The number of rotatable bonds is 9. The van der Waals surface area contributed by atoms with Gasteiger partial charge >= 0.3 is 11.9 Å². The van der Waals surface area contributed by atoms with Crippen molar-refractivity contribution in [3.8, 4) is 11.5 Å². The number of aryl methyl sites for hydroxylation is 1. The lowest BCUT2D eigenvalue weighted by molar-refractivity contribution is -0.135. The first kappa shape index (κ1) is 27.8. The van der Waals surface area contributed by atoms with Crippen molar-refractivity contribution in [2.75, 3.05) is 20.8 Å². The van der Waals surface area contributed by atoms with Crippen LogP contribution >= 0.6 is 0 Å². The van der Waals surface area contributed by atoms with Gasteiger partial charge in [-0.05, 0) is 55.4 Å². The van der Waals surface area contributed by atoms with E-state index >= 15 is 0 Å². The summed E-state index contributed by atoms with van der Waals surface area (Å²) in [5.41, 5.74) is 0.579. The normalized spacial score (nSPS) is 15.6. The maximum atomic E-state index is 13.0. The molecular weight excluding hydrogens is 470 g/mol. The van der Waals surface area contributed by atoms with Crippen molar-refractivity contribution in [1.82, 2.24) is 4.90 Å². The van der Waals surface area contributed by atoms with Crippen molar-refractivity contribution in [3.05, 3.63) is 82.2 Å². The molecule has 0 atom stereocenters. The van der Waals surface area contributed by atoms with Gasteiger partial charge in [0, 0.05) is 17.9 Å². The number of carbonyl (C=O) groups is 2. The summed E-state index contributed by atoms with van der Waals surface area (Å²) in [6, 6.07) is 15.2. The second-order valence-corrected chi connectivity index (χ2v) is 10.3. The van der Waals surface area contributed by atoms with E-state index in [1.807, 2.05) is 43.9 Å². The van der Waals surface area contributed by atoms with Crippen LogP contribution in [0.2, 0.25) is 0 Å². The number of allylic oxidation sites excluding steroid dienone is 2. The van der Waals surface area contributed by atoms with E-state index < -0.39 is 22.8 Å². The largest absolute Gasteiger partial charge is 0.493 e. The number of aliphatic carboxylic acids is 2. The van der Waals surface area contributed by atoms with Gasteiger partial charge in [0.2, 0.25) is 0 Å². The summed E-state index contributed by atoms with van der Waals surface area (Å²) in [6.45, 7) is 9.67. The highest BCUT2D eigenvalue weighted by molar-refractivity contribution is 6.01. The van der Waals surface area contributed by atoms with Crippen LogP contribution in [-0.2, 0) is 21.4 Å². The minimum atomic E-state index is -1.46. The van der Waals surface area contributed by atoms with Gasteiger partial charge in [0.1, 0.15) is 0 Å². The molecule has 0 amide bonds. The molecule has 0 radical (unpaired) electrons. The minimum Gasteiger partial charge on any atom is -0.493 e. The summed E-state index contributed by atoms with van der Waals surface area (Å²) in [4.78, 5) is 27.9. The summed E-state index contributed by atoms with van der Waals surface area (Å²) in [5.74, 6) is -1.43. The number of hydrogen-bond donors (Lipinski definition) is 2. The Morgan fingerprint density at radius 3 is 1.86 bits per heavy atom. The van der Waals surface area contributed by atoms with E-state index in [-0.39, 0.29) is 11.1 Å².